The lowest BCUT2D eigenvalue weighted by Crippen LogP contribution is -2.19. The second kappa shape index (κ2) is 11.4. The van der Waals surface area contributed by atoms with E-state index in [4.69, 9.17) is 0 Å². The zero-order chi connectivity index (χ0) is 25.4. The zero-order valence-corrected chi connectivity index (χ0v) is 20.2. The molecule has 0 radical (unpaired) electrons. The molecule has 1 aliphatic carbocycles. The van der Waals surface area contributed by atoms with Crippen LogP contribution in [0.15, 0.2) is 103 Å². The molecule has 0 atom stereocenters. The van der Waals surface area contributed by atoms with Crippen LogP contribution in [0.5, 0.6) is 0 Å². The first-order valence-corrected chi connectivity index (χ1v) is 11.9. The number of aliphatic carboxylic acids is 1. The average molecular weight is 480 g/mol. The van der Waals surface area contributed by atoms with Gasteiger partial charge in [-0.2, -0.15) is 0 Å². The highest BCUT2D eigenvalue weighted by molar-refractivity contribution is 5.85. The van der Waals surface area contributed by atoms with Gasteiger partial charge in [0, 0.05) is 18.3 Å². The molecule has 0 aliphatic heterocycles. The Morgan fingerprint density at radius 2 is 1.39 bits per heavy atom. The summed E-state index contributed by atoms with van der Waals surface area (Å²) in [7, 11) is 1.93. The van der Waals surface area contributed by atoms with Gasteiger partial charge in [0.25, 0.3) is 6.47 Å². The van der Waals surface area contributed by atoms with E-state index in [1.807, 2.05) is 73.8 Å². The Labute approximate surface area is 211 Å². The van der Waals surface area contributed by atoms with Gasteiger partial charge in [-0.3, -0.25) is 9.59 Å². The largest absolute Gasteiger partial charge is 0.481 e. The normalized spacial score (nSPS) is 13.0. The van der Waals surface area contributed by atoms with E-state index in [2.05, 4.69) is 46.5 Å². The Kier molecular flexibility index (Phi) is 7.81. The molecule has 1 saturated carbocycles. The minimum absolute atomic E-state index is 0.365. The first-order chi connectivity index (χ1) is 17.6. The Balaban J connectivity index is 0.000000256. The third-order valence-corrected chi connectivity index (χ3v) is 6.48. The highest BCUT2D eigenvalue weighted by Gasteiger charge is 2.51. The Hall–Kier alpha value is -4.38. The van der Waals surface area contributed by atoms with Crippen LogP contribution in [0.1, 0.15) is 24.0 Å². The molecule has 1 aliphatic rings. The number of hydrogen-bond acceptors (Lipinski definition) is 4. The topological polar surface area (TPSA) is 75.6 Å². The number of carbonyl (C=O) groups excluding carboxylic acids is 1. The quantitative estimate of drug-likeness (QED) is 0.281. The molecule has 4 aromatic carbocycles. The van der Waals surface area contributed by atoms with Gasteiger partial charge >= 0.3 is 5.97 Å². The van der Waals surface area contributed by atoms with Gasteiger partial charge in [-0.15, -0.1) is 0 Å². The van der Waals surface area contributed by atoms with Crippen LogP contribution in [0.4, 0.5) is 5.69 Å². The van der Waals surface area contributed by atoms with Crippen molar-refractivity contribution < 1.29 is 19.4 Å². The maximum atomic E-state index is 11.5. The van der Waals surface area contributed by atoms with Crippen molar-refractivity contribution >= 4 is 18.1 Å². The van der Waals surface area contributed by atoms with Gasteiger partial charge in [-0.1, -0.05) is 97.1 Å². The Morgan fingerprint density at radius 3 is 1.94 bits per heavy atom. The van der Waals surface area contributed by atoms with E-state index < -0.39 is 11.4 Å². The van der Waals surface area contributed by atoms with Gasteiger partial charge in [0.2, 0.25) is 0 Å². The van der Waals surface area contributed by atoms with Crippen molar-refractivity contribution in [2.24, 2.45) is 0 Å². The maximum Gasteiger partial charge on any atom is 0.314 e. The number of nitrogens with one attached hydrogen (secondary N) is 1. The van der Waals surface area contributed by atoms with Crippen LogP contribution in [-0.2, 0) is 26.3 Å². The van der Waals surface area contributed by atoms with E-state index in [1.54, 1.807) is 0 Å². The van der Waals surface area contributed by atoms with Gasteiger partial charge in [0.1, 0.15) is 6.61 Å². The van der Waals surface area contributed by atoms with Crippen molar-refractivity contribution in [3.8, 4) is 22.3 Å². The summed E-state index contributed by atoms with van der Waals surface area (Å²) in [5, 5.41) is 12.6. The molecular formula is C31H29NO4. The van der Waals surface area contributed by atoms with Crippen LogP contribution in [0, 0.1) is 0 Å². The third-order valence-electron chi connectivity index (χ3n) is 6.48. The molecule has 0 aromatic heterocycles. The minimum atomic E-state index is -0.710. The fraction of sp³-hybridized carbons (Fsp3) is 0.161. The Morgan fingerprint density at radius 1 is 0.833 bits per heavy atom. The summed E-state index contributed by atoms with van der Waals surface area (Å²) in [4.78, 5) is 21.2. The van der Waals surface area contributed by atoms with Gasteiger partial charge in [-0.05, 0) is 46.7 Å². The van der Waals surface area contributed by atoms with E-state index >= 15 is 0 Å². The van der Waals surface area contributed by atoms with E-state index in [0.29, 0.717) is 13.1 Å². The molecule has 1 fully saturated rings. The summed E-state index contributed by atoms with van der Waals surface area (Å²) in [5.74, 6) is -0.710. The molecule has 5 nitrogen and oxygen atoms in total. The predicted molar refractivity (Wildman–Crippen MR) is 143 cm³/mol. The molecule has 0 saturated heterocycles. The van der Waals surface area contributed by atoms with E-state index in [0.717, 1.165) is 46.3 Å². The zero-order valence-electron chi connectivity index (χ0n) is 20.2. The van der Waals surface area contributed by atoms with Crippen molar-refractivity contribution in [2.45, 2.75) is 24.9 Å². The van der Waals surface area contributed by atoms with Gasteiger partial charge in [0.15, 0.2) is 0 Å². The second-order valence-corrected chi connectivity index (χ2v) is 8.73. The lowest BCUT2D eigenvalue weighted by atomic mass is 9.93. The highest BCUT2D eigenvalue weighted by atomic mass is 16.5. The molecule has 5 rings (SSSR count). The summed E-state index contributed by atoms with van der Waals surface area (Å²) < 4.78 is 4.54. The van der Waals surface area contributed by atoms with Crippen LogP contribution in [0.25, 0.3) is 22.3 Å². The standard InChI is InChI=1S/C23H21NO2.C8H8O2/c1-24-21-5-3-2-4-20(21)18-8-6-16(7-9-18)17-10-12-19(13-11-17)23(14-15-23)22(25)26;9-7-10-6-8-4-2-1-3-5-8/h2-13,24H,14-15H2,1H3,(H,25,26);1-5,7H,6H2. The number of benzene rings is 4. The molecule has 0 unspecified atom stereocenters. The van der Waals surface area contributed by atoms with Gasteiger partial charge in [-0.25, -0.2) is 0 Å². The SMILES string of the molecule is CNc1ccccc1-c1ccc(-c2ccc(C3(C(=O)O)CC3)cc2)cc1.O=COCc1ccccc1. The molecule has 0 bridgehead atoms. The summed E-state index contributed by atoms with van der Waals surface area (Å²) in [6, 6.07) is 34.2. The van der Waals surface area contributed by atoms with Crippen LogP contribution in [-0.4, -0.2) is 24.6 Å². The summed E-state index contributed by atoms with van der Waals surface area (Å²) in [6.07, 6.45) is 1.47. The van der Waals surface area contributed by atoms with Crippen LogP contribution >= 0.6 is 0 Å². The number of carboxylic acids is 1. The monoisotopic (exact) mass is 479 g/mol. The van der Waals surface area contributed by atoms with Crippen LogP contribution < -0.4 is 5.32 Å². The number of hydrogen-bond donors (Lipinski definition) is 2. The van der Waals surface area contributed by atoms with Crippen molar-refractivity contribution in [3.05, 3.63) is 114 Å². The molecule has 4 aromatic rings. The number of carbonyl (C=O) groups is 2. The fourth-order valence-corrected chi connectivity index (χ4v) is 4.23. The minimum Gasteiger partial charge on any atom is -0.481 e. The van der Waals surface area contributed by atoms with Crippen molar-refractivity contribution in [2.75, 3.05) is 12.4 Å². The van der Waals surface area contributed by atoms with Crippen LogP contribution in [0.2, 0.25) is 0 Å². The van der Waals surface area contributed by atoms with Crippen LogP contribution in [0.3, 0.4) is 0 Å². The van der Waals surface area contributed by atoms with Gasteiger partial charge in [0.05, 0.1) is 5.41 Å². The maximum absolute atomic E-state index is 11.5. The second-order valence-electron chi connectivity index (χ2n) is 8.73. The summed E-state index contributed by atoms with van der Waals surface area (Å²) >= 11 is 0. The lowest BCUT2D eigenvalue weighted by molar-refractivity contribution is -0.140. The molecular weight excluding hydrogens is 450 g/mol. The molecule has 36 heavy (non-hydrogen) atoms. The number of para-hydroxylation sites is 1. The van der Waals surface area contributed by atoms with Crippen molar-refractivity contribution in [1.29, 1.82) is 0 Å². The number of carboxylic acid groups (broad SMARTS) is 1. The van der Waals surface area contributed by atoms with Gasteiger partial charge < -0.3 is 15.2 Å². The molecule has 182 valence electrons. The molecule has 0 heterocycles. The number of ether oxygens (including phenoxy) is 1. The summed E-state index contributed by atoms with van der Waals surface area (Å²) in [6.45, 7) is 0.817. The van der Waals surface area contributed by atoms with E-state index in [-0.39, 0.29) is 0 Å². The number of rotatable bonds is 8. The highest BCUT2D eigenvalue weighted by Crippen LogP contribution is 2.48. The van der Waals surface area contributed by atoms with Crippen molar-refractivity contribution in [3.63, 3.8) is 0 Å². The van der Waals surface area contributed by atoms with E-state index in [1.165, 1.54) is 5.56 Å². The molecule has 0 amide bonds. The fourth-order valence-electron chi connectivity index (χ4n) is 4.23. The van der Waals surface area contributed by atoms with Crippen molar-refractivity contribution in [1.82, 2.24) is 0 Å². The number of anilines is 1. The first-order valence-electron chi connectivity index (χ1n) is 11.9. The molecule has 0 spiro atoms. The first kappa shape index (κ1) is 24.7. The third kappa shape index (κ3) is 5.63. The lowest BCUT2D eigenvalue weighted by Gasteiger charge is -2.12. The van der Waals surface area contributed by atoms with E-state index in [9.17, 15) is 14.7 Å². The summed E-state index contributed by atoms with van der Waals surface area (Å²) in [5.41, 5.74) is 6.95. The smallest absolute Gasteiger partial charge is 0.314 e. The Bertz CT molecular complexity index is 1290. The molecule has 2 N–H and O–H groups in total. The predicted octanol–water partition coefficient (Wildman–Crippen LogP) is 6.54. The average Bonchev–Trinajstić information content (AvgIpc) is 3.76. The molecule has 5 heteroatoms.